The molecule has 1 aromatic rings. The van der Waals surface area contributed by atoms with Gasteiger partial charge < -0.3 is 9.80 Å². The first kappa shape index (κ1) is 14.7. The first-order valence-corrected chi connectivity index (χ1v) is 8.04. The molecule has 2 aliphatic heterocycles. The van der Waals surface area contributed by atoms with Crippen LogP contribution >= 0.6 is 15.9 Å². The molecular formula is C14H18BrFN4O. The summed E-state index contributed by atoms with van der Waals surface area (Å²) in [4.78, 5) is 24.6. The first-order valence-electron chi connectivity index (χ1n) is 7.25. The molecular weight excluding hydrogens is 339 g/mol. The van der Waals surface area contributed by atoms with Crippen molar-refractivity contribution < 1.29 is 9.18 Å². The molecule has 21 heavy (non-hydrogen) atoms. The molecule has 2 saturated heterocycles. The number of hydrogen-bond acceptors (Lipinski definition) is 4. The molecule has 0 spiro atoms. The Balaban J connectivity index is 1.58. The van der Waals surface area contributed by atoms with E-state index in [-0.39, 0.29) is 17.9 Å². The number of halogens is 2. The van der Waals surface area contributed by atoms with Crippen LogP contribution in [0.15, 0.2) is 16.9 Å². The smallest absolute Gasteiger partial charge is 0.225 e. The van der Waals surface area contributed by atoms with Gasteiger partial charge in [0.05, 0.1) is 11.1 Å². The Hall–Kier alpha value is -1.24. The zero-order valence-electron chi connectivity index (χ0n) is 11.7. The normalized spacial score (nSPS) is 23.9. The van der Waals surface area contributed by atoms with Gasteiger partial charge in [-0.15, -0.1) is 0 Å². The van der Waals surface area contributed by atoms with Crippen LogP contribution in [-0.2, 0) is 4.79 Å². The van der Waals surface area contributed by atoms with Crippen LogP contribution in [0.2, 0.25) is 0 Å². The summed E-state index contributed by atoms with van der Waals surface area (Å²) in [5, 5.41) is 0. The second-order valence-electron chi connectivity index (χ2n) is 5.69. The van der Waals surface area contributed by atoms with Crippen LogP contribution in [0, 0.1) is 5.92 Å². The van der Waals surface area contributed by atoms with E-state index in [0.717, 1.165) is 36.4 Å². The Morgan fingerprint density at radius 2 is 1.95 bits per heavy atom. The molecule has 5 nitrogen and oxygen atoms in total. The fourth-order valence-electron chi connectivity index (χ4n) is 3.11. The van der Waals surface area contributed by atoms with Crippen LogP contribution in [0.4, 0.5) is 10.3 Å². The molecule has 2 aliphatic rings. The van der Waals surface area contributed by atoms with E-state index in [0.29, 0.717) is 13.0 Å². The second kappa shape index (κ2) is 6.25. The molecule has 114 valence electrons. The van der Waals surface area contributed by atoms with Gasteiger partial charge in [0.1, 0.15) is 0 Å². The van der Waals surface area contributed by atoms with Gasteiger partial charge in [0.25, 0.3) is 0 Å². The van der Waals surface area contributed by atoms with Gasteiger partial charge in [-0.05, 0) is 28.8 Å². The molecule has 1 atom stereocenters. The average molecular weight is 357 g/mol. The number of anilines is 1. The monoisotopic (exact) mass is 356 g/mol. The third kappa shape index (κ3) is 3.17. The van der Waals surface area contributed by atoms with Crippen molar-refractivity contribution >= 4 is 27.8 Å². The maximum Gasteiger partial charge on any atom is 0.225 e. The van der Waals surface area contributed by atoms with Crippen molar-refractivity contribution in [2.75, 3.05) is 31.2 Å². The third-order valence-electron chi connectivity index (χ3n) is 4.25. The van der Waals surface area contributed by atoms with Crippen LogP contribution in [-0.4, -0.2) is 53.1 Å². The number of hydrogen-bond donors (Lipinski definition) is 0. The fourth-order valence-corrected chi connectivity index (χ4v) is 3.32. The van der Waals surface area contributed by atoms with Crippen LogP contribution in [0.1, 0.15) is 19.3 Å². The maximum absolute atomic E-state index is 12.7. The topological polar surface area (TPSA) is 49.3 Å². The molecule has 2 fully saturated rings. The summed E-state index contributed by atoms with van der Waals surface area (Å²) in [6.45, 7) is 1.84. The first-order chi connectivity index (χ1) is 10.2. The molecule has 0 N–H and O–H groups in total. The number of likely N-dealkylation sites (tertiary alicyclic amines) is 1. The summed E-state index contributed by atoms with van der Waals surface area (Å²) < 4.78 is 13.6. The van der Waals surface area contributed by atoms with Crippen molar-refractivity contribution in [3.63, 3.8) is 0 Å². The Morgan fingerprint density at radius 3 is 2.52 bits per heavy atom. The molecule has 0 radical (unpaired) electrons. The molecule has 0 aliphatic carbocycles. The summed E-state index contributed by atoms with van der Waals surface area (Å²) in [7, 11) is 0. The maximum atomic E-state index is 12.7. The summed E-state index contributed by atoms with van der Waals surface area (Å²) >= 11 is 3.32. The number of rotatable bonds is 3. The van der Waals surface area contributed by atoms with Gasteiger partial charge in [0.15, 0.2) is 0 Å². The van der Waals surface area contributed by atoms with Crippen LogP contribution < -0.4 is 4.90 Å². The third-order valence-corrected chi connectivity index (χ3v) is 4.66. The Kier molecular flexibility index (Phi) is 4.37. The van der Waals surface area contributed by atoms with Crippen molar-refractivity contribution in [2.24, 2.45) is 5.92 Å². The van der Waals surface area contributed by atoms with Crippen LogP contribution in [0.3, 0.4) is 0 Å². The van der Waals surface area contributed by atoms with E-state index >= 15 is 0 Å². The highest BCUT2D eigenvalue weighted by Crippen LogP contribution is 2.26. The van der Waals surface area contributed by atoms with Gasteiger partial charge in [-0.1, -0.05) is 0 Å². The average Bonchev–Trinajstić information content (AvgIpc) is 2.89. The summed E-state index contributed by atoms with van der Waals surface area (Å²) in [6.07, 6.45) is 5.63. The molecule has 1 unspecified atom stereocenters. The van der Waals surface area contributed by atoms with Gasteiger partial charge in [0.2, 0.25) is 11.9 Å². The van der Waals surface area contributed by atoms with Crippen molar-refractivity contribution in [3.8, 4) is 0 Å². The highest BCUT2D eigenvalue weighted by Gasteiger charge is 2.35. The van der Waals surface area contributed by atoms with Gasteiger partial charge in [-0.2, -0.15) is 0 Å². The lowest BCUT2D eigenvalue weighted by Crippen LogP contribution is -2.46. The minimum absolute atomic E-state index is 0.106. The largest absolute Gasteiger partial charge is 0.341 e. The van der Waals surface area contributed by atoms with Gasteiger partial charge in [-0.3, -0.25) is 9.18 Å². The second-order valence-corrected chi connectivity index (χ2v) is 6.61. The van der Waals surface area contributed by atoms with E-state index in [2.05, 4.69) is 30.8 Å². The highest BCUT2D eigenvalue weighted by molar-refractivity contribution is 9.10. The molecule has 1 amide bonds. The van der Waals surface area contributed by atoms with Gasteiger partial charge in [0, 0.05) is 50.4 Å². The number of piperidine rings is 1. The lowest BCUT2D eigenvalue weighted by Gasteiger charge is -2.36. The number of aromatic nitrogens is 2. The fraction of sp³-hybridized carbons (Fsp3) is 0.643. The number of amides is 1. The number of alkyl halides is 1. The van der Waals surface area contributed by atoms with Crippen molar-refractivity contribution in [1.29, 1.82) is 0 Å². The number of carbonyl (C=O) groups excluding carboxylic acids is 1. The van der Waals surface area contributed by atoms with E-state index in [1.807, 2.05) is 4.90 Å². The molecule has 0 aromatic carbocycles. The minimum atomic E-state index is -0.395. The van der Waals surface area contributed by atoms with Crippen molar-refractivity contribution in [3.05, 3.63) is 16.9 Å². The summed E-state index contributed by atoms with van der Waals surface area (Å²) in [5.41, 5.74) is 0. The van der Waals surface area contributed by atoms with Crippen molar-refractivity contribution in [2.45, 2.75) is 25.3 Å². The molecule has 0 bridgehead atoms. The molecule has 3 rings (SSSR count). The quantitative estimate of drug-likeness (QED) is 0.831. The molecule has 7 heteroatoms. The predicted octanol–water partition coefficient (Wildman–Crippen LogP) is 2.03. The number of carbonyl (C=O) groups is 1. The van der Waals surface area contributed by atoms with Crippen LogP contribution in [0.25, 0.3) is 0 Å². The molecule has 1 aromatic heterocycles. The molecule has 3 heterocycles. The standard InChI is InChI=1S/C14H18BrFN4O/c15-11-7-17-14(18-8-11)19-3-1-12(2-4-19)20-9-10(6-16)5-13(20)21/h7-8,10,12H,1-6,9H2. The summed E-state index contributed by atoms with van der Waals surface area (Å²) in [6, 6.07) is 0.237. The Bertz CT molecular complexity index is 504. The van der Waals surface area contributed by atoms with E-state index in [1.165, 1.54) is 0 Å². The van der Waals surface area contributed by atoms with Gasteiger partial charge >= 0.3 is 0 Å². The van der Waals surface area contributed by atoms with Crippen molar-refractivity contribution in [1.82, 2.24) is 14.9 Å². The zero-order chi connectivity index (χ0) is 14.8. The molecule has 0 saturated carbocycles. The van der Waals surface area contributed by atoms with Crippen LogP contribution in [0.5, 0.6) is 0 Å². The van der Waals surface area contributed by atoms with Gasteiger partial charge in [-0.25, -0.2) is 9.97 Å². The van der Waals surface area contributed by atoms with E-state index in [1.54, 1.807) is 12.4 Å². The Morgan fingerprint density at radius 1 is 1.29 bits per heavy atom. The zero-order valence-corrected chi connectivity index (χ0v) is 13.3. The highest BCUT2D eigenvalue weighted by atomic mass is 79.9. The SMILES string of the molecule is O=C1CC(CF)CN1C1CCN(c2ncc(Br)cn2)CC1. The lowest BCUT2D eigenvalue weighted by atomic mass is 10.0. The predicted molar refractivity (Wildman–Crippen MR) is 80.8 cm³/mol. The number of nitrogens with zero attached hydrogens (tertiary/aromatic N) is 4. The lowest BCUT2D eigenvalue weighted by molar-refractivity contribution is -0.130. The van der Waals surface area contributed by atoms with E-state index in [9.17, 15) is 9.18 Å². The Labute approximate surface area is 131 Å². The van der Waals surface area contributed by atoms with E-state index in [4.69, 9.17) is 0 Å². The van der Waals surface area contributed by atoms with E-state index < -0.39 is 6.67 Å². The summed E-state index contributed by atoms with van der Waals surface area (Å²) in [5.74, 6) is 0.729. The minimum Gasteiger partial charge on any atom is -0.341 e.